The Morgan fingerprint density at radius 2 is 1.88 bits per heavy atom. The molecule has 1 atom stereocenters. The molecule has 1 fully saturated rings. The molecule has 1 saturated carbocycles. The molecule has 0 aromatic carbocycles. The Morgan fingerprint density at radius 3 is 2.42 bits per heavy atom. The molecule has 0 radical (unpaired) electrons. The number of carbonyl (C=O) groups excluding carboxylic acids is 2. The molecule has 8 nitrogen and oxygen atoms in total. The Balaban J connectivity index is 1.78. The largest absolute Gasteiger partial charge is 0.444 e. The molecule has 9 heteroatoms. The minimum Gasteiger partial charge on any atom is -0.444 e. The van der Waals surface area contributed by atoms with Gasteiger partial charge in [-0.25, -0.2) is 14.2 Å². The first kappa shape index (κ1) is 24.7. The first-order valence-electron chi connectivity index (χ1n) is 11.4. The Hall–Kier alpha value is -2.97. The van der Waals surface area contributed by atoms with Crippen LogP contribution in [0.15, 0.2) is 18.5 Å². The van der Waals surface area contributed by atoms with Crippen LogP contribution in [0.1, 0.15) is 58.9 Å². The van der Waals surface area contributed by atoms with E-state index in [1.54, 1.807) is 38.7 Å². The zero-order valence-corrected chi connectivity index (χ0v) is 20.2. The molecule has 2 heterocycles. The van der Waals surface area contributed by atoms with Gasteiger partial charge in [0, 0.05) is 13.1 Å². The van der Waals surface area contributed by atoms with Gasteiger partial charge in [-0.15, -0.1) is 0 Å². The molecule has 2 aromatic rings. The molecular weight excluding hydrogens is 425 g/mol. The number of ether oxygens (including phenoxy) is 1. The zero-order chi connectivity index (χ0) is 24.3. The van der Waals surface area contributed by atoms with Crippen LogP contribution in [0.3, 0.4) is 0 Å². The maximum absolute atomic E-state index is 14.9. The predicted octanol–water partition coefficient (Wildman–Crippen LogP) is 4.59. The second-order valence-electron chi connectivity index (χ2n) is 9.99. The van der Waals surface area contributed by atoms with Gasteiger partial charge in [0.25, 0.3) is 0 Å². The van der Waals surface area contributed by atoms with E-state index in [0.29, 0.717) is 11.6 Å². The van der Waals surface area contributed by atoms with Gasteiger partial charge in [0.2, 0.25) is 5.91 Å². The zero-order valence-electron chi connectivity index (χ0n) is 20.2. The van der Waals surface area contributed by atoms with Gasteiger partial charge in [-0.3, -0.25) is 9.48 Å². The van der Waals surface area contributed by atoms with Crippen LogP contribution in [0, 0.1) is 24.6 Å². The van der Waals surface area contributed by atoms with Crippen molar-refractivity contribution in [1.82, 2.24) is 20.1 Å². The van der Waals surface area contributed by atoms with E-state index in [-0.39, 0.29) is 17.3 Å². The van der Waals surface area contributed by atoms with Crippen molar-refractivity contribution < 1.29 is 18.7 Å². The SMILES string of the molecule is Cc1cnn(C)c1-c1ncc(NC(=O)[C@@H](NC(=O)OC(C)(C)C)C2CCC(C)CC2)cc1F. The first-order valence-corrected chi connectivity index (χ1v) is 11.4. The normalized spacial score (nSPS) is 19.6. The molecule has 1 aliphatic carbocycles. The van der Waals surface area contributed by atoms with Crippen molar-refractivity contribution in [3.63, 3.8) is 0 Å². The van der Waals surface area contributed by atoms with E-state index >= 15 is 0 Å². The van der Waals surface area contributed by atoms with Gasteiger partial charge < -0.3 is 15.4 Å². The summed E-state index contributed by atoms with van der Waals surface area (Å²) >= 11 is 0. The fourth-order valence-corrected chi connectivity index (χ4v) is 4.24. The van der Waals surface area contributed by atoms with Crippen LogP contribution in [0.5, 0.6) is 0 Å². The van der Waals surface area contributed by atoms with Gasteiger partial charge in [-0.2, -0.15) is 5.10 Å². The first-order chi connectivity index (χ1) is 15.4. The topological polar surface area (TPSA) is 98.1 Å². The summed E-state index contributed by atoms with van der Waals surface area (Å²) < 4.78 is 21.8. The van der Waals surface area contributed by atoms with Gasteiger partial charge in [0.05, 0.1) is 23.8 Å². The fourth-order valence-electron chi connectivity index (χ4n) is 4.24. The Labute approximate surface area is 194 Å². The number of nitrogens with zero attached hydrogens (tertiary/aromatic N) is 3. The van der Waals surface area contributed by atoms with E-state index in [0.717, 1.165) is 31.2 Å². The van der Waals surface area contributed by atoms with Crippen LogP contribution in [0.2, 0.25) is 0 Å². The number of rotatable bonds is 5. The van der Waals surface area contributed by atoms with E-state index in [2.05, 4.69) is 27.6 Å². The molecular formula is C24H34FN5O3. The number of hydrogen-bond donors (Lipinski definition) is 2. The average molecular weight is 460 g/mol. The van der Waals surface area contributed by atoms with Crippen molar-refractivity contribution in [2.45, 2.75) is 71.9 Å². The van der Waals surface area contributed by atoms with Crippen molar-refractivity contribution in [3.05, 3.63) is 29.8 Å². The van der Waals surface area contributed by atoms with Crippen molar-refractivity contribution in [1.29, 1.82) is 0 Å². The highest BCUT2D eigenvalue weighted by Gasteiger charge is 2.34. The van der Waals surface area contributed by atoms with Crippen LogP contribution in [-0.4, -0.2) is 38.4 Å². The smallest absolute Gasteiger partial charge is 0.408 e. The highest BCUT2D eigenvalue weighted by Crippen LogP contribution is 2.31. The number of nitrogens with one attached hydrogen (secondary N) is 2. The lowest BCUT2D eigenvalue weighted by Gasteiger charge is -2.33. The molecule has 0 unspecified atom stereocenters. The minimum atomic E-state index is -0.783. The van der Waals surface area contributed by atoms with E-state index in [4.69, 9.17) is 4.74 Å². The van der Waals surface area contributed by atoms with Crippen molar-refractivity contribution >= 4 is 17.7 Å². The van der Waals surface area contributed by atoms with Crippen LogP contribution >= 0.6 is 0 Å². The predicted molar refractivity (Wildman–Crippen MR) is 124 cm³/mol. The van der Waals surface area contributed by atoms with E-state index < -0.39 is 29.5 Å². The van der Waals surface area contributed by atoms with E-state index in [1.807, 2.05) is 6.92 Å². The van der Waals surface area contributed by atoms with Gasteiger partial charge in [0.15, 0.2) is 5.82 Å². The summed E-state index contributed by atoms with van der Waals surface area (Å²) in [6, 6.07) is 0.453. The van der Waals surface area contributed by atoms with Crippen LogP contribution in [0.4, 0.5) is 14.9 Å². The summed E-state index contributed by atoms with van der Waals surface area (Å²) in [5.41, 5.74) is 1.08. The van der Waals surface area contributed by atoms with Crippen LogP contribution < -0.4 is 10.6 Å². The van der Waals surface area contributed by atoms with E-state index in [1.165, 1.54) is 12.3 Å². The Kier molecular flexibility index (Phi) is 7.39. The lowest BCUT2D eigenvalue weighted by atomic mass is 9.79. The third-order valence-corrected chi connectivity index (χ3v) is 5.94. The van der Waals surface area contributed by atoms with Gasteiger partial charge in [-0.1, -0.05) is 19.8 Å². The van der Waals surface area contributed by atoms with Crippen molar-refractivity contribution in [2.24, 2.45) is 18.9 Å². The number of alkyl carbamates (subject to hydrolysis) is 1. The lowest BCUT2D eigenvalue weighted by Crippen LogP contribution is -2.50. The second-order valence-corrected chi connectivity index (χ2v) is 9.99. The van der Waals surface area contributed by atoms with Crippen LogP contribution in [0.25, 0.3) is 11.4 Å². The molecule has 0 saturated heterocycles. The van der Waals surface area contributed by atoms with Gasteiger partial charge >= 0.3 is 6.09 Å². The summed E-state index contributed by atoms with van der Waals surface area (Å²) in [4.78, 5) is 29.8. The molecule has 0 bridgehead atoms. The van der Waals surface area contributed by atoms with E-state index in [9.17, 15) is 14.0 Å². The van der Waals surface area contributed by atoms with Crippen molar-refractivity contribution in [2.75, 3.05) is 5.32 Å². The van der Waals surface area contributed by atoms with Gasteiger partial charge in [-0.05, 0) is 57.9 Å². The lowest BCUT2D eigenvalue weighted by molar-refractivity contribution is -0.119. The molecule has 3 rings (SSSR count). The minimum absolute atomic E-state index is 0.0251. The molecule has 0 spiro atoms. The summed E-state index contributed by atoms with van der Waals surface area (Å²) in [7, 11) is 1.72. The third-order valence-electron chi connectivity index (χ3n) is 5.94. The Morgan fingerprint density at radius 1 is 1.21 bits per heavy atom. The number of aryl methyl sites for hydroxylation is 2. The number of pyridine rings is 1. The number of amides is 2. The maximum Gasteiger partial charge on any atom is 0.408 e. The molecule has 33 heavy (non-hydrogen) atoms. The standard InChI is InChI=1S/C24H34FN5O3/c1-14-7-9-16(10-8-14)19(29-23(32)33-24(3,4)5)22(31)28-17-11-18(25)20(26-13-17)21-15(2)12-27-30(21)6/h11-14,16,19H,7-10H2,1-6H3,(H,28,31)(H,29,32)/t14?,16?,19-/m0/s1. The molecule has 2 aromatic heterocycles. The second kappa shape index (κ2) is 9.89. The fraction of sp³-hybridized carbons (Fsp3) is 0.583. The summed E-state index contributed by atoms with van der Waals surface area (Å²) in [6.07, 6.45) is 6.02. The molecule has 180 valence electrons. The maximum atomic E-state index is 14.9. The summed E-state index contributed by atoms with van der Waals surface area (Å²) in [6.45, 7) is 9.32. The molecule has 2 N–H and O–H groups in total. The Bertz CT molecular complexity index is 987. The number of anilines is 1. The molecule has 1 aliphatic rings. The third kappa shape index (κ3) is 6.30. The van der Waals surface area contributed by atoms with Crippen LogP contribution in [-0.2, 0) is 16.6 Å². The summed E-state index contributed by atoms with van der Waals surface area (Å²) in [5.74, 6) is -0.413. The van der Waals surface area contributed by atoms with Crippen molar-refractivity contribution in [3.8, 4) is 11.4 Å². The number of hydrogen-bond acceptors (Lipinski definition) is 5. The number of aromatic nitrogens is 3. The number of carbonyl (C=O) groups is 2. The molecule has 0 aliphatic heterocycles. The highest BCUT2D eigenvalue weighted by molar-refractivity contribution is 5.96. The highest BCUT2D eigenvalue weighted by atomic mass is 19.1. The number of halogens is 1. The summed E-state index contributed by atoms with van der Waals surface area (Å²) in [5, 5.41) is 9.60. The average Bonchev–Trinajstić information content (AvgIpc) is 3.04. The quantitative estimate of drug-likeness (QED) is 0.682. The van der Waals surface area contributed by atoms with Gasteiger partial charge in [0.1, 0.15) is 17.3 Å². The molecule has 2 amide bonds. The monoisotopic (exact) mass is 459 g/mol.